The Morgan fingerprint density at radius 2 is 0.985 bits per heavy atom. The van der Waals surface area contributed by atoms with E-state index in [-0.39, 0.29) is 19.6 Å². The van der Waals surface area contributed by atoms with Gasteiger partial charge in [-0.25, -0.2) is 0 Å². The van der Waals surface area contributed by atoms with Crippen molar-refractivity contribution < 1.29 is 69.0 Å². The summed E-state index contributed by atoms with van der Waals surface area (Å²) in [6.45, 7) is 3.34. The number of rotatable bonds is 37. The standard InChI is InChI=1S/C52H86O14/c1-3-5-7-9-11-13-15-17-18-19-20-21-22-23-24-26-28-30-32-34-36-61-38-41(64-44(54)35-33-31-29-27-25-16-14-12-10-8-6-4-2)39-62-51-50(60)48(58)46(56)43(66-51)40-63-52-49(59)47(57)45(55)42(37-53)65-52/h5,7,11-14,17-18,20-21,23-24,28,30,41-43,45-53,55-60H,3-4,6,8-10,15-16,19,22,25-27,29,31-40H2,1-2H3/b7-5-,13-11-,14-12-,18-17-,21-20-,24-23-,30-28-. The maximum Gasteiger partial charge on any atom is 0.306 e. The number of aliphatic hydroxyl groups excluding tert-OH is 7. The maximum absolute atomic E-state index is 13.0. The van der Waals surface area contributed by atoms with E-state index >= 15 is 0 Å². The van der Waals surface area contributed by atoms with Gasteiger partial charge in [0.2, 0.25) is 0 Å². The molecule has 7 N–H and O–H groups in total. The molecule has 2 rings (SSSR count). The highest BCUT2D eigenvalue weighted by Gasteiger charge is 2.47. The van der Waals surface area contributed by atoms with Crippen LogP contribution in [0.25, 0.3) is 0 Å². The van der Waals surface area contributed by atoms with E-state index in [9.17, 15) is 40.5 Å². The Morgan fingerprint density at radius 1 is 0.515 bits per heavy atom. The second kappa shape index (κ2) is 39.1. The van der Waals surface area contributed by atoms with Crippen LogP contribution in [0, 0.1) is 0 Å². The van der Waals surface area contributed by atoms with Crippen LogP contribution in [0.5, 0.6) is 0 Å². The molecule has 14 nitrogen and oxygen atoms in total. The molecule has 0 bridgehead atoms. The summed E-state index contributed by atoms with van der Waals surface area (Å²) < 4.78 is 34.1. The van der Waals surface area contributed by atoms with E-state index < -0.39 is 86.7 Å². The minimum atomic E-state index is -1.72. The fraction of sp³-hybridized carbons (Fsp3) is 0.712. The molecule has 0 aromatic rings. The molecule has 66 heavy (non-hydrogen) atoms. The van der Waals surface area contributed by atoms with Crippen LogP contribution in [0.15, 0.2) is 85.1 Å². The highest BCUT2D eigenvalue weighted by Crippen LogP contribution is 2.26. The Hall–Kier alpha value is -2.83. The number of ether oxygens (including phenoxy) is 6. The summed E-state index contributed by atoms with van der Waals surface area (Å²) in [7, 11) is 0. The summed E-state index contributed by atoms with van der Waals surface area (Å²) in [5, 5.41) is 72.0. The number of hydrogen-bond donors (Lipinski definition) is 7. The zero-order valence-corrected chi connectivity index (χ0v) is 39.9. The molecule has 0 spiro atoms. The van der Waals surface area contributed by atoms with Gasteiger partial charge in [-0.1, -0.05) is 131 Å². The Labute approximate surface area is 395 Å². The first-order chi connectivity index (χ1) is 32.1. The van der Waals surface area contributed by atoms with Crippen molar-refractivity contribution in [2.24, 2.45) is 0 Å². The summed E-state index contributed by atoms with van der Waals surface area (Å²) in [6, 6.07) is 0. The van der Waals surface area contributed by atoms with E-state index in [2.05, 4.69) is 98.9 Å². The molecule has 0 aromatic heterocycles. The van der Waals surface area contributed by atoms with Crippen molar-refractivity contribution in [3.05, 3.63) is 85.1 Å². The van der Waals surface area contributed by atoms with Gasteiger partial charge in [0.25, 0.3) is 0 Å². The lowest BCUT2D eigenvalue weighted by Gasteiger charge is -2.42. The predicted octanol–water partition coefficient (Wildman–Crippen LogP) is 6.90. The van der Waals surface area contributed by atoms with Crippen molar-refractivity contribution in [2.45, 2.75) is 203 Å². The first-order valence-electron chi connectivity index (χ1n) is 24.7. The lowest BCUT2D eigenvalue weighted by atomic mass is 9.98. The van der Waals surface area contributed by atoms with Crippen molar-refractivity contribution in [1.82, 2.24) is 0 Å². The number of aliphatic hydroxyl groups is 7. The van der Waals surface area contributed by atoms with E-state index in [1.165, 1.54) is 19.3 Å². The number of carbonyl (C=O) groups is 1. The molecular formula is C52H86O14. The highest BCUT2D eigenvalue weighted by atomic mass is 16.7. The molecule has 14 heteroatoms. The van der Waals surface area contributed by atoms with Crippen LogP contribution in [0.3, 0.4) is 0 Å². The summed E-state index contributed by atoms with van der Waals surface area (Å²) in [4.78, 5) is 13.0. The van der Waals surface area contributed by atoms with Gasteiger partial charge in [-0.2, -0.15) is 0 Å². The Kier molecular flexibility index (Phi) is 35.1. The first kappa shape index (κ1) is 59.3. The monoisotopic (exact) mass is 935 g/mol. The molecule has 0 amide bonds. The zero-order chi connectivity index (χ0) is 48.0. The molecule has 0 radical (unpaired) electrons. The third-order valence-corrected chi connectivity index (χ3v) is 11.1. The number of carbonyl (C=O) groups excluding carboxylic acids is 1. The number of esters is 1. The van der Waals surface area contributed by atoms with Crippen LogP contribution < -0.4 is 0 Å². The van der Waals surface area contributed by atoms with Crippen molar-refractivity contribution in [3.63, 3.8) is 0 Å². The molecule has 2 aliphatic rings. The molecule has 378 valence electrons. The van der Waals surface area contributed by atoms with E-state index in [4.69, 9.17) is 28.4 Å². The lowest BCUT2D eigenvalue weighted by molar-refractivity contribution is -0.332. The summed E-state index contributed by atoms with van der Waals surface area (Å²) in [5.74, 6) is -0.411. The molecule has 2 fully saturated rings. The minimum absolute atomic E-state index is 0.0130. The Morgan fingerprint density at radius 3 is 1.56 bits per heavy atom. The smallest absolute Gasteiger partial charge is 0.306 e. The fourth-order valence-electron chi connectivity index (χ4n) is 7.12. The van der Waals surface area contributed by atoms with Gasteiger partial charge in [0.1, 0.15) is 54.9 Å². The SMILES string of the molecule is CC/C=C\C/C=C\C/C=C\C/C=C\C/C=C\C/C=C\CCCOCC(COC1OC(COC2OC(CO)C(O)C(O)C2O)C(O)C(O)C1O)OC(=O)CCCCCCC/C=C\CCCCC. The first-order valence-corrected chi connectivity index (χ1v) is 24.7. The van der Waals surface area contributed by atoms with E-state index in [0.717, 1.165) is 89.9 Å². The summed E-state index contributed by atoms with van der Waals surface area (Å²) >= 11 is 0. The molecule has 2 heterocycles. The lowest BCUT2D eigenvalue weighted by Crippen LogP contribution is -2.61. The van der Waals surface area contributed by atoms with Crippen LogP contribution in [0.2, 0.25) is 0 Å². The second-order valence-corrected chi connectivity index (χ2v) is 16.9. The van der Waals surface area contributed by atoms with Crippen molar-refractivity contribution in [3.8, 4) is 0 Å². The third-order valence-electron chi connectivity index (χ3n) is 11.1. The molecule has 11 atom stereocenters. The van der Waals surface area contributed by atoms with Gasteiger partial charge in [0.05, 0.1) is 26.4 Å². The average Bonchev–Trinajstić information content (AvgIpc) is 3.31. The maximum atomic E-state index is 13.0. The predicted molar refractivity (Wildman–Crippen MR) is 256 cm³/mol. The number of allylic oxidation sites excluding steroid dienone is 14. The van der Waals surface area contributed by atoms with Gasteiger partial charge >= 0.3 is 5.97 Å². The molecule has 0 saturated carbocycles. The average molecular weight is 935 g/mol. The molecular weight excluding hydrogens is 849 g/mol. The normalized spacial score (nSPS) is 27.0. The van der Waals surface area contributed by atoms with E-state index in [0.29, 0.717) is 13.0 Å². The van der Waals surface area contributed by atoms with Crippen LogP contribution in [0.4, 0.5) is 0 Å². The summed E-state index contributed by atoms with van der Waals surface area (Å²) in [5.41, 5.74) is 0. The van der Waals surface area contributed by atoms with Crippen molar-refractivity contribution in [1.29, 1.82) is 0 Å². The molecule has 0 aliphatic carbocycles. The largest absolute Gasteiger partial charge is 0.457 e. The number of unbranched alkanes of at least 4 members (excludes halogenated alkanes) is 9. The molecule has 2 saturated heterocycles. The van der Waals surface area contributed by atoms with Gasteiger partial charge in [-0.15, -0.1) is 0 Å². The molecule has 2 aliphatic heterocycles. The second-order valence-electron chi connectivity index (χ2n) is 16.9. The van der Waals surface area contributed by atoms with Crippen LogP contribution in [-0.2, 0) is 33.2 Å². The molecule has 0 aromatic carbocycles. The number of hydrogen-bond acceptors (Lipinski definition) is 14. The van der Waals surface area contributed by atoms with Crippen LogP contribution >= 0.6 is 0 Å². The van der Waals surface area contributed by atoms with Gasteiger partial charge < -0.3 is 64.2 Å². The van der Waals surface area contributed by atoms with Gasteiger partial charge in [-0.05, 0) is 83.5 Å². The topological polar surface area (TPSA) is 214 Å². The van der Waals surface area contributed by atoms with Crippen LogP contribution in [-0.4, -0.2) is 142 Å². The fourth-order valence-corrected chi connectivity index (χ4v) is 7.12. The van der Waals surface area contributed by atoms with Crippen molar-refractivity contribution in [2.75, 3.05) is 33.0 Å². The van der Waals surface area contributed by atoms with E-state index in [1.54, 1.807) is 0 Å². The van der Waals surface area contributed by atoms with Crippen LogP contribution in [0.1, 0.15) is 136 Å². The molecule has 11 unspecified atom stereocenters. The van der Waals surface area contributed by atoms with Crippen molar-refractivity contribution >= 4 is 5.97 Å². The highest BCUT2D eigenvalue weighted by molar-refractivity contribution is 5.69. The van der Waals surface area contributed by atoms with Gasteiger partial charge in [0, 0.05) is 13.0 Å². The minimum Gasteiger partial charge on any atom is -0.457 e. The quantitative estimate of drug-likeness (QED) is 0.0192. The van der Waals surface area contributed by atoms with Gasteiger partial charge in [0.15, 0.2) is 12.6 Å². The third kappa shape index (κ3) is 26.6. The zero-order valence-electron chi connectivity index (χ0n) is 39.9. The Bertz CT molecular complexity index is 1410. The summed E-state index contributed by atoms with van der Waals surface area (Å²) in [6.07, 6.45) is 32.3. The Balaban J connectivity index is 1.81. The van der Waals surface area contributed by atoms with Gasteiger partial charge in [-0.3, -0.25) is 4.79 Å². The van der Waals surface area contributed by atoms with E-state index in [1.807, 2.05) is 0 Å².